The van der Waals surface area contributed by atoms with Gasteiger partial charge in [-0.3, -0.25) is 9.59 Å². The zero-order valence-electron chi connectivity index (χ0n) is 14.8. The van der Waals surface area contributed by atoms with E-state index < -0.39 is 29.2 Å². The molecule has 8 heteroatoms. The highest BCUT2D eigenvalue weighted by Gasteiger charge is 2.18. The number of phenolic OH excluding ortho intramolecular Hbond substituents is 1. The number of hydrogen-bond donors (Lipinski definition) is 2. The molecule has 0 radical (unpaired) electrons. The first-order chi connectivity index (χ1) is 12.9. The van der Waals surface area contributed by atoms with Gasteiger partial charge in [0.25, 0.3) is 11.5 Å². The minimum Gasteiger partial charge on any atom is -0.505 e. The van der Waals surface area contributed by atoms with Crippen LogP contribution in [0.25, 0.3) is 0 Å². The highest BCUT2D eigenvalue weighted by molar-refractivity contribution is 14.1. The second kappa shape index (κ2) is 9.82. The number of halogens is 3. The molecule has 2 N–H and O–H groups in total. The number of rotatable bonds is 8. The monoisotopic (exact) mass is 490 g/mol. The lowest BCUT2D eigenvalue weighted by molar-refractivity contribution is 0.102. The molecule has 2 atom stereocenters. The predicted molar refractivity (Wildman–Crippen MR) is 109 cm³/mol. The molecular weight excluding hydrogens is 469 g/mol. The maximum atomic E-state index is 13.5. The van der Waals surface area contributed by atoms with Gasteiger partial charge in [0, 0.05) is 28.4 Å². The van der Waals surface area contributed by atoms with E-state index in [9.17, 15) is 23.5 Å². The number of pyridine rings is 1. The molecule has 2 rings (SSSR count). The standard InChI is InChI=1S/C19H21F2IN2O3/c1-2-14(7-5-12(20)11-22)24-9-3-4-15(19(24)27)18(26)23-13-6-8-17(25)16(21)10-13/h3-4,6,8-10,12,14,25H,2,5,7,11H2,1H3,(H,23,26). The predicted octanol–water partition coefficient (Wildman–Crippen LogP) is 4.45. The van der Waals surface area contributed by atoms with Crippen LogP contribution in [0.3, 0.4) is 0 Å². The number of nitrogens with one attached hydrogen (secondary N) is 1. The highest BCUT2D eigenvalue weighted by Crippen LogP contribution is 2.21. The van der Waals surface area contributed by atoms with Crippen LogP contribution in [0.1, 0.15) is 42.6 Å². The van der Waals surface area contributed by atoms with Crippen LogP contribution in [0, 0.1) is 5.82 Å². The topological polar surface area (TPSA) is 71.3 Å². The Morgan fingerprint density at radius 3 is 2.70 bits per heavy atom. The molecular formula is C19H21F2IN2O3. The Kier molecular flexibility index (Phi) is 7.76. The summed E-state index contributed by atoms with van der Waals surface area (Å²) in [5, 5.41) is 11.6. The number of anilines is 1. The van der Waals surface area contributed by atoms with E-state index in [4.69, 9.17) is 0 Å². The normalized spacial score (nSPS) is 13.2. The number of carbonyl (C=O) groups excluding carboxylic acids is 1. The molecule has 0 aliphatic carbocycles. The molecule has 0 spiro atoms. The SMILES string of the molecule is CCC(CCC(F)CI)n1cccc(C(=O)Nc2ccc(O)c(F)c2)c1=O. The number of hydrogen-bond acceptors (Lipinski definition) is 3. The summed E-state index contributed by atoms with van der Waals surface area (Å²) >= 11 is 1.98. The first-order valence-electron chi connectivity index (χ1n) is 8.58. The van der Waals surface area contributed by atoms with Gasteiger partial charge < -0.3 is 15.0 Å². The second-order valence-electron chi connectivity index (χ2n) is 6.15. The van der Waals surface area contributed by atoms with Gasteiger partial charge in [-0.05, 0) is 43.5 Å². The fourth-order valence-electron chi connectivity index (χ4n) is 2.74. The molecule has 5 nitrogen and oxygen atoms in total. The van der Waals surface area contributed by atoms with Gasteiger partial charge in [-0.2, -0.15) is 0 Å². The number of carbonyl (C=O) groups is 1. The summed E-state index contributed by atoms with van der Waals surface area (Å²) in [5.74, 6) is -2.08. The lowest BCUT2D eigenvalue weighted by atomic mass is 10.1. The molecule has 0 saturated heterocycles. The third-order valence-electron chi connectivity index (χ3n) is 4.27. The Morgan fingerprint density at radius 1 is 1.33 bits per heavy atom. The van der Waals surface area contributed by atoms with Crippen molar-refractivity contribution in [2.75, 3.05) is 9.74 Å². The smallest absolute Gasteiger partial charge is 0.263 e. The molecule has 0 saturated carbocycles. The van der Waals surface area contributed by atoms with Crippen LogP contribution in [-0.4, -0.2) is 26.2 Å². The molecule has 1 amide bonds. The lowest BCUT2D eigenvalue weighted by Gasteiger charge is -2.19. The van der Waals surface area contributed by atoms with E-state index in [1.807, 2.05) is 29.5 Å². The summed E-state index contributed by atoms with van der Waals surface area (Å²) in [7, 11) is 0. The van der Waals surface area contributed by atoms with E-state index in [1.165, 1.54) is 16.7 Å². The van der Waals surface area contributed by atoms with Gasteiger partial charge in [0.05, 0.1) is 0 Å². The lowest BCUT2D eigenvalue weighted by Crippen LogP contribution is -2.31. The molecule has 1 aromatic heterocycles. The zero-order valence-corrected chi connectivity index (χ0v) is 16.9. The van der Waals surface area contributed by atoms with Crippen LogP contribution >= 0.6 is 22.6 Å². The zero-order chi connectivity index (χ0) is 20.0. The molecule has 2 unspecified atom stereocenters. The van der Waals surface area contributed by atoms with Crippen molar-refractivity contribution in [2.45, 2.75) is 38.4 Å². The van der Waals surface area contributed by atoms with Gasteiger partial charge in [-0.25, -0.2) is 8.78 Å². The van der Waals surface area contributed by atoms with E-state index in [0.717, 1.165) is 12.1 Å². The first-order valence-corrected chi connectivity index (χ1v) is 10.1. The van der Waals surface area contributed by atoms with Gasteiger partial charge >= 0.3 is 0 Å². The van der Waals surface area contributed by atoms with Gasteiger partial charge in [-0.15, -0.1) is 0 Å². The Morgan fingerprint density at radius 2 is 2.07 bits per heavy atom. The van der Waals surface area contributed by atoms with Gasteiger partial charge in [-0.1, -0.05) is 29.5 Å². The molecule has 2 aromatic rings. The Labute approximate surface area is 169 Å². The number of amides is 1. The van der Waals surface area contributed by atoms with Crippen molar-refractivity contribution in [3.05, 3.63) is 58.3 Å². The summed E-state index contributed by atoms with van der Waals surface area (Å²) in [6.45, 7) is 1.90. The number of benzene rings is 1. The minimum absolute atomic E-state index is 0.0878. The first kappa shape index (κ1) is 21.3. The maximum Gasteiger partial charge on any atom is 0.263 e. The third kappa shape index (κ3) is 5.50. The average molecular weight is 490 g/mol. The van der Waals surface area contributed by atoms with Crippen molar-refractivity contribution in [1.82, 2.24) is 4.57 Å². The molecule has 27 heavy (non-hydrogen) atoms. The second-order valence-corrected chi connectivity index (χ2v) is 7.03. The largest absolute Gasteiger partial charge is 0.505 e. The number of aromatic hydroxyl groups is 1. The van der Waals surface area contributed by atoms with Crippen molar-refractivity contribution in [2.24, 2.45) is 0 Å². The molecule has 0 aliphatic rings. The van der Waals surface area contributed by atoms with Crippen molar-refractivity contribution in [3.63, 3.8) is 0 Å². The van der Waals surface area contributed by atoms with Crippen LogP contribution in [-0.2, 0) is 0 Å². The average Bonchev–Trinajstić information content (AvgIpc) is 2.65. The summed E-state index contributed by atoms with van der Waals surface area (Å²) in [4.78, 5) is 25.2. The minimum atomic E-state index is -0.925. The van der Waals surface area contributed by atoms with Crippen molar-refractivity contribution in [1.29, 1.82) is 0 Å². The summed E-state index contributed by atoms with van der Waals surface area (Å²) in [6, 6.07) is 6.18. The Balaban J connectivity index is 2.22. The van der Waals surface area contributed by atoms with Gasteiger partial charge in [0.2, 0.25) is 0 Å². The highest BCUT2D eigenvalue weighted by atomic mass is 127. The molecule has 1 heterocycles. The number of phenols is 1. The number of nitrogens with zero attached hydrogens (tertiary/aromatic N) is 1. The Bertz CT molecular complexity index is 857. The van der Waals surface area contributed by atoms with Crippen LogP contribution in [0.2, 0.25) is 0 Å². The van der Waals surface area contributed by atoms with Crippen molar-refractivity contribution >= 4 is 34.2 Å². The fraction of sp³-hybridized carbons (Fsp3) is 0.368. The maximum absolute atomic E-state index is 13.5. The number of aromatic nitrogens is 1. The summed E-state index contributed by atoms with van der Waals surface area (Å²) in [5.41, 5.74) is -0.444. The van der Waals surface area contributed by atoms with Crippen LogP contribution in [0.15, 0.2) is 41.3 Å². The third-order valence-corrected chi connectivity index (χ3v) is 5.23. The molecule has 0 bridgehead atoms. The van der Waals surface area contributed by atoms with E-state index in [1.54, 1.807) is 12.3 Å². The summed E-state index contributed by atoms with van der Waals surface area (Å²) < 4.78 is 28.8. The Hall–Kier alpha value is -1.97. The fourth-order valence-corrected chi connectivity index (χ4v) is 3.18. The van der Waals surface area contributed by atoms with Crippen LogP contribution < -0.4 is 10.9 Å². The molecule has 1 aromatic carbocycles. The summed E-state index contributed by atoms with van der Waals surface area (Å²) in [6.07, 6.45) is 2.13. The molecule has 146 valence electrons. The van der Waals surface area contributed by atoms with Crippen LogP contribution in [0.4, 0.5) is 14.5 Å². The van der Waals surface area contributed by atoms with E-state index in [2.05, 4.69) is 5.32 Å². The van der Waals surface area contributed by atoms with Gasteiger partial charge in [0.1, 0.15) is 11.7 Å². The van der Waals surface area contributed by atoms with Crippen molar-refractivity contribution < 1.29 is 18.7 Å². The number of alkyl halides is 2. The quantitative estimate of drug-likeness (QED) is 0.327. The van der Waals surface area contributed by atoms with E-state index >= 15 is 0 Å². The molecule has 0 fully saturated rings. The van der Waals surface area contributed by atoms with Crippen LogP contribution in [0.5, 0.6) is 5.75 Å². The molecule has 0 aliphatic heterocycles. The van der Waals surface area contributed by atoms with E-state index in [-0.39, 0.29) is 17.3 Å². The van der Waals surface area contributed by atoms with Crippen molar-refractivity contribution in [3.8, 4) is 5.75 Å². The van der Waals surface area contributed by atoms with Gasteiger partial charge in [0.15, 0.2) is 11.6 Å². The van der Waals surface area contributed by atoms with E-state index in [0.29, 0.717) is 23.7 Å².